The molecule has 1 aromatic carbocycles. The van der Waals surface area contributed by atoms with Crippen molar-refractivity contribution in [1.82, 2.24) is 4.31 Å². The van der Waals surface area contributed by atoms with Gasteiger partial charge in [0.1, 0.15) is 10.9 Å². The summed E-state index contributed by atoms with van der Waals surface area (Å²) >= 11 is 0. The summed E-state index contributed by atoms with van der Waals surface area (Å²) in [4.78, 5) is 10.3. The molecule has 0 saturated carbocycles. The van der Waals surface area contributed by atoms with Crippen LogP contribution in [0.3, 0.4) is 0 Å². The van der Waals surface area contributed by atoms with Gasteiger partial charge < -0.3 is 5.73 Å². The molecule has 21 heavy (non-hydrogen) atoms. The van der Waals surface area contributed by atoms with Crippen LogP contribution in [0.4, 0.5) is 13.2 Å². The lowest BCUT2D eigenvalue weighted by Gasteiger charge is -2.32. The number of piperidine rings is 1. The highest BCUT2D eigenvalue weighted by molar-refractivity contribution is 7.89. The number of hydrogen-bond acceptors (Lipinski definition) is 3. The second-order valence-corrected chi connectivity index (χ2v) is 6.56. The van der Waals surface area contributed by atoms with Crippen molar-refractivity contribution in [1.29, 1.82) is 0 Å². The van der Waals surface area contributed by atoms with Gasteiger partial charge in [-0.2, -0.15) is 4.31 Å². The molecule has 2 rings (SSSR count). The van der Waals surface area contributed by atoms with E-state index in [-0.39, 0.29) is 13.0 Å². The number of benzene rings is 1. The molecule has 0 spiro atoms. The Kier molecular flexibility index (Phi) is 4.24. The van der Waals surface area contributed by atoms with Crippen LogP contribution in [0.25, 0.3) is 0 Å². The Hall–Kier alpha value is -1.61. The molecule has 1 aliphatic heterocycles. The molecule has 0 aromatic heterocycles. The molecule has 1 fully saturated rings. The number of hydrogen-bond donors (Lipinski definition) is 1. The van der Waals surface area contributed by atoms with Gasteiger partial charge in [0.15, 0.2) is 17.5 Å². The number of rotatable bonds is 3. The van der Waals surface area contributed by atoms with Crippen molar-refractivity contribution < 1.29 is 26.4 Å². The zero-order valence-corrected chi connectivity index (χ0v) is 11.7. The number of sulfonamides is 1. The van der Waals surface area contributed by atoms with Gasteiger partial charge in [0.05, 0.1) is 0 Å². The summed E-state index contributed by atoms with van der Waals surface area (Å²) in [6, 6.07) is 0.0424. The summed E-state index contributed by atoms with van der Waals surface area (Å²) in [5, 5.41) is 0. The van der Waals surface area contributed by atoms with Crippen molar-refractivity contribution in [3.8, 4) is 0 Å². The summed E-state index contributed by atoms with van der Waals surface area (Å²) in [5.41, 5.74) is 5.15. The van der Waals surface area contributed by atoms with Crippen LogP contribution < -0.4 is 5.73 Å². The van der Waals surface area contributed by atoms with E-state index in [1.165, 1.54) is 0 Å². The number of primary amides is 1. The van der Waals surface area contributed by atoms with E-state index >= 15 is 0 Å². The molecule has 9 heteroatoms. The Morgan fingerprint density at radius 2 is 1.86 bits per heavy atom. The lowest BCUT2D eigenvalue weighted by atomic mass is 10.0. The third-order valence-electron chi connectivity index (χ3n) is 3.37. The van der Waals surface area contributed by atoms with Crippen molar-refractivity contribution in [2.75, 3.05) is 6.54 Å². The van der Waals surface area contributed by atoms with E-state index in [2.05, 4.69) is 0 Å². The third-order valence-corrected chi connectivity index (χ3v) is 5.29. The van der Waals surface area contributed by atoms with Gasteiger partial charge in [-0.25, -0.2) is 21.6 Å². The number of amides is 1. The summed E-state index contributed by atoms with van der Waals surface area (Å²) in [6.45, 7) is -0.0334. The highest BCUT2D eigenvalue weighted by Gasteiger charge is 2.38. The van der Waals surface area contributed by atoms with E-state index in [0.717, 1.165) is 4.31 Å². The summed E-state index contributed by atoms with van der Waals surface area (Å²) < 4.78 is 65.3. The molecular formula is C12H13F3N2O3S. The van der Waals surface area contributed by atoms with E-state index in [1.54, 1.807) is 0 Å². The van der Waals surface area contributed by atoms with Crippen molar-refractivity contribution in [3.63, 3.8) is 0 Å². The Bertz CT molecular complexity index is 679. The van der Waals surface area contributed by atoms with Crippen LogP contribution in [-0.4, -0.2) is 31.2 Å². The molecule has 1 atom stereocenters. The Morgan fingerprint density at radius 1 is 1.19 bits per heavy atom. The quantitative estimate of drug-likeness (QED) is 0.847. The van der Waals surface area contributed by atoms with Crippen LogP contribution in [-0.2, 0) is 14.8 Å². The minimum atomic E-state index is -4.48. The second-order valence-electron chi connectivity index (χ2n) is 4.70. The van der Waals surface area contributed by atoms with Gasteiger partial charge in [-0.15, -0.1) is 0 Å². The number of nitrogens with two attached hydrogens (primary N) is 1. The van der Waals surface area contributed by atoms with E-state index in [4.69, 9.17) is 5.73 Å². The standard InChI is InChI=1S/C12H13F3N2O3S/c13-7-4-5-9(11(15)10(7)14)21(19,20)17-6-2-1-3-8(17)12(16)18/h4-5,8H,1-3,6H2,(H2,16,18)/t8-/m1/s1. The van der Waals surface area contributed by atoms with Crippen molar-refractivity contribution >= 4 is 15.9 Å². The van der Waals surface area contributed by atoms with Gasteiger partial charge in [0, 0.05) is 6.54 Å². The van der Waals surface area contributed by atoms with Crippen LogP contribution in [0.1, 0.15) is 19.3 Å². The molecule has 1 saturated heterocycles. The maximum Gasteiger partial charge on any atom is 0.246 e. The van der Waals surface area contributed by atoms with E-state index in [0.29, 0.717) is 25.0 Å². The molecule has 1 heterocycles. The summed E-state index contributed by atoms with van der Waals surface area (Å²) in [5.74, 6) is -6.02. The van der Waals surface area contributed by atoms with E-state index in [1.807, 2.05) is 0 Å². The number of nitrogens with zero attached hydrogens (tertiary/aromatic N) is 1. The monoisotopic (exact) mass is 322 g/mol. The van der Waals surface area contributed by atoms with Gasteiger partial charge in [-0.1, -0.05) is 6.42 Å². The lowest BCUT2D eigenvalue weighted by molar-refractivity contribution is -0.122. The molecular weight excluding hydrogens is 309 g/mol. The van der Waals surface area contributed by atoms with Gasteiger partial charge in [0.2, 0.25) is 15.9 Å². The number of carbonyl (C=O) groups excluding carboxylic acids is 1. The second kappa shape index (κ2) is 5.64. The van der Waals surface area contributed by atoms with Crippen LogP contribution in [0.5, 0.6) is 0 Å². The highest BCUT2D eigenvalue weighted by Crippen LogP contribution is 2.28. The zero-order valence-electron chi connectivity index (χ0n) is 10.9. The molecule has 2 N–H and O–H groups in total. The molecule has 0 unspecified atom stereocenters. The molecule has 1 aliphatic rings. The van der Waals surface area contributed by atoms with E-state index in [9.17, 15) is 26.4 Å². The van der Waals surface area contributed by atoms with Crippen LogP contribution >= 0.6 is 0 Å². The molecule has 0 aliphatic carbocycles. The maximum absolute atomic E-state index is 13.7. The van der Waals surface area contributed by atoms with Gasteiger partial charge in [-0.05, 0) is 25.0 Å². The summed E-state index contributed by atoms with van der Waals surface area (Å²) in [6.07, 6.45) is 1.27. The number of halogens is 3. The molecule has 5 nitrogen and oxygen atoms in total. The highest BCUT2D eigenvalue weighted by atomic mass is 32.2. The Labute approximate surface area is 119 Å². The molecule has 0 radical (unpaired) electrons. The van der Waals surface area contributed by atoms with Gasteiger partial charge in [0.25, 0.3) is 0 Å². The fraction of sp³-hybridized carbons (Fsp3) is 0.417. The predicted octanol–water partition coefficient (Wildman–Crippen LogP) is 1.13. The minimum absolute atomic E-state index is 0.0334. The fourth-order valence-corrected chi connectivity index (χ4v) is 4.03. The first kappa shape index (κ1) is 15.8. The first-order chi connectivity index (χ1) is 9.76. The van der Waals surface area contributed by atoms with Crippen molar-refractivity contribution in [2.45, 2.75) is 30.2 Å². The molecule has 1 aromatic rings. The Morgan fingerprint density at radius 3 is 2.48 bits per heavy atom. The van der Waals surface area contributed by atoms with Crippen LogP contribution in [0.15, 0.2) is 17.0 Å². The maximum atomic E-state index is 13.7. The minimum Gasteiger partial charge on any atom is -0.368 e. The predicted molar refractivity (Wildman–Crippen MR) is 67.0 cm³/mol. The van der Waals surface area contributed by atoms with Gasteiger partial charge >= 0.3 is 0 Å². The first-order valence-electron chi connectivity index (χ1n) is 6.21. The SMILES string of the molecule is NC(=O)[C@H]1CCCCN1S(=O)(=O)c1ccc(F)c(F)c1F. The van der Waals surface area contributed by atoms with Crippen LogP contribution in [0.2, 0.25) is 0 Å². The number of carbonyl (C=O) groups is 1. The van der Waals surface area contributed by atoms with Crippen molar-refractivity contribution in [2.24, 2.45) is 5.73 Å². The normalized spacial score (nSPS) is 20.4. The van der Waals surface area contributed by atoms with Gasteiger partial charge in [-0.3, -0.25) is 4.79 Å². The first-order valence-corrected chi connectivity index (χ1v) is 7.65. The van der Waals surface area contributed by atoms with Crippen LogP contribution in [0, 0.1) is 17.5 Å². The fourth-order valence-electron chi connectivity index (χ4n) is 2.31. The molecule has 1 amide bonds. The Balaban J connectivity index is 2.51. The largest absolute Gasteiger partial charge is 0.368 e. The third kappa shape index (κ3) is 2.75. The zero-order chi connectivity index (χ0) is 15.8. The lowest BCUT2D eigenvalue weighted by Crippen LogP contribution is -2.50. The molecule has 116 valence electrons. The average Bonchev–Trinajstić information content (AvgIpc) is 2.44. The van der Waals surface area contributed by atoms with E-state index < -0.39 is 44.3 Å². The molecule has 0 bridgehead atoms. The summed E-state index contributed by atoms with van der Waals surface area (Å²) in [7, 11) is -4.48. The topological polar surface area (TPSA) is 80.5 Å². The van der Waals surface area contributed by atoms with Crippen molar-refractivity contribution in [3.05, 3.63) is 29.6 Å². The smallest absolute Gasteiger partial charge is 0.246 e. The average molecular weight is 322 g/mol.